The van der Waals surface area contributed by atoms with E-state index in [1.165, 1.54) is 6.04 Å². The van der Waals surface area contributed by atoms with E-state index in [1.807, 2.05) is 13.8 Å². The molecule has 0 aliphatic heterocycles. The molecule has 14 heavy (non-hydrogen) atoms. The van der Waals surface area contributed by atoms with E-state index >= 15 is 0 Å². The highest BCUT2D eigenvalue weighted by Gasteiger charge is 2.22. The summed E-state index contributed by atoms with van der Waals surface area (Å²) in [5.41, 5.74) is 0. The first kappa shape index (κ1) is 14.2. The Balaban J connectivity index is 3.62. The van der Waals surface area contributed by atoms with Gasteiger partial charge in [0.05, 0.1) is 4.32 Å². The number of amides is 1. The summed E-state index contributed by atoms with van der Waals surface area (Å²) in [6, 6.07) is 1.27. The molecule has 0 aromatic heterocycles. The molecule has 4 heteroatoms. The summed E-state index contributed by atoms with van der Waals surface area (Å²) in [4.78, 5) is 11.4. The largest absolute Gasteiger partial charge is 0.355 e. The molecule has 84 valence electrons. The molecule has 0 aromatic rings. The Morgan fingerprint density at radius 2 is 1.86 bits per heavy atom. The van der Waals surface area contributed by atoms with Crippen molar-refractivity contribution < 1.29 is 4.79 Å². The normalized spacial score (nSPS) is 12.7. The predicted molar refractivity (Wildman–Crippen MR) is 68.8 cm³/mol. The Hall–Kier alpha value is 0.167. The molecular formula is C10H22BrNOSi. The Bertz CT molecular complexity index is 193. The zero-order chi connectivity index (χ0) is 11.4. The molecule has 1 N–H and O–H groups in total. The van der Waals surface area contributed by atoms with Crippen molar-refractivity contribution in [3.05, 3.63) is 0 Å². The van der Waals surface area contributed by atoms with Gasteiger partial charge in [0.25, 0.3) is 0 Å². The van der Waals surface area contributed by atoms with E-state index in [0.29, 0.717) is 0 Å². The predicted octanol–water partition coefficient (Wildman–Crippen LogP) is 3.00. The van der Waals surface area contributed by atoms with Gasteiger partial charge in [-0.3, -0.25) is 4.79 Å². The van der Waals surface area contributed by atoms with Gasteiger partial charge in [0, 0.05) is 14.6 Å². The summed E-state index contributed by atoms with van der Waals surface area (Å²) in [7, 11) is -0.938. The number of carbonyl (C=O) groups is 1. The summed E-state index contributed by atoms with van der Waals surface area (Å²) in [6.45, 7) is 11.6. The van der Waals surface area contributed by atoms with Gasteiger partial charge in [-0.1, -0.05) is 41.6 Å². The van der Waals surface area contributed by atoms with E-state index in [4.69, 9.17) is 0 Å². The van der Waals surface area contributed by atoms with E-state index in [0.717, 1.165) is 13.0 Å². The highest BCUT2D eigenvalue weighted by Crippen LogP contribution is 2.15. The van der Waals surface area contributed by atoms with Crippen molar-refractivity contribution in [2.75, 3.05) is 6.54 Å². The minimum atomic E-state index is -0.938. The SMILES string of the molecule is CC(C)(Br)C(=O)NCCC[Si](C)(C)C. The van der Waals surface area contributed by atoms with Gasteiger partial charge < -0.3 is 5.32 Å². The van der Waals surface area contributed by atoms with Crippen LogP contribution in [0.5, 0.6) is 0 Å². The van der Waals surface area contributed by atoms with Gasteiger partial charge in [0.2, 0.25) is 5.91 Å². The van der Waals surface area contributed by atoms with Crippen LogP contribution in [-0.2, 0) is 4.79 Å². The van der Waals surface area contributed by atoms with Crippen LogP contribution in [0.2, 0.25) is 25.7 Å². The van der Waals surface area contributed by atoms with Gasteiger partial charge in [-0.2, -0.15) is 0 Å². The van der Waals surface area contributed by atoms with Crippen LogP contribution in [0.3, 0.4) is 0 Å². The van der Waals surface area contributed by atoms with Gasteiger partial charge in [-0.15, -0.1) is 0 Å². The fourth-order valence-electron chi connectivity index (χ4n) is 1.03. The molecule has 0 saturated heterocycles. The van der Waals surface area contributed by atoms with E-state index in [1.54, 1.807) is 0 Å². The minimum absolute atomic E-state index is 0.0769. The second-order valence-corrected chi connectivity index (χ2v) is 13.0. The number of rotatable bonds is 5. The molecule has 1 amide bonds. The Labute approximate surface area is 97.0 Å². The molecule has 0 atom stereocenters. The van der Waals surface area contributed by atoms with Crippen molar-refractivity contribution in [3.63, 3.8) is 0 Å². The van der Waals surface area contributed by atoms with Crippen molar-refractivity contribution >= 4 is 29.9 Å². The van der Waals surface area contributed by atoms with Crippen molar-refractivity contribution in [1.29, 1.82) is 0 Å². The zero-order valence-corrected chi connectivity index (χ0v) is 12.5. The molecule has 0 aliphatic rings. The van der Waals surface area contributed by atoms with E-state index in [-0.39, 0.29) is 5.91 Å². The number of hydrogen-bond donors (Lipinski definition) is 1. The van der Waals surface area contributed by atoms with Gasteiger partial charge in [-0.25, -0.2) is 0 Å². The zero-order valence-electron chi connectivity index (χ0n) is 9.91. The van der Waals surface area contributed by atoms with E-state index < -0.39 is 12.4 Å². The van der Waals surface area contributed by atoms with Crippen LogP contribution in [0, 0.1) is 0 Å². The number of nitrogens with one attached hydrogen (secondary N) is 1. The lowest BCUT2D eigenvalue weighted by Gasteiger charge is -2.18. The van der Waals surface area contributed by atoms with Crippen LogP contribution in [0.15, 0.2) is 0 Å². The third-order valence-corrected chi connectivity index (χ3v) is 4.14. The first-order valence-corrected chi connectivity index (χ1v) is 9.60. The molecule has 0 saturated carbocycles. The Morgan fingerprint density at radius 1 is 1.36 bits per heavy atom. The maximum Gasteiger partial charge on any atom is 0.236 e. The molecule has 0 aromatic carbocycles. The van der Waals surface area contributed by atoms with E-state index in [9.17, 15) is 4.79 Å². The molecule has 0 unspecified atom stereocenters. The summed E-state index contributed by atoms with van der Waals surface area (Å²) in [5.74, 6) is 0.0769. The molecule has 0 bridgehead atoms. The van der Waals surface area contributed by atoms with Crippen LogP contribution in [0.4, 0.5) is 0 Å². The van der Waals surface area contributed by atoms with Gasteiger partial charge in [0.1, 0.15) is 0 Å². The monoisotopic (exact) mass is 279 g/mol. The molecule has 0 heterocycles. The number of halogens is 1. The smallest absolute Gasteiger partial charge is 0.236 e. The lowest BCUT2D eigenvalue weighted by Crippen LogP contribution is -2.38. The maximum absolute atomic E-state index is 11.4. The van der Waals surface area contributed by atoms with Crippen LogP contribution in [0.25, 0.3) is 0 Å². The maximum atomic E-state index is 11.4. The highest BCUT2D eigenvalue weighted by atomic mass is 79.9. The average molecular weight is 280 g/mol. The summed E-state index contributed by atoms with van der Waals surface area (Å²) >= 11 is 3.33. The Morgan fingerprint density at radius 3 is 2.21 bits per heavy atom. The molecule has 0 fully saturated rings. The van der Waals surface area contributed by atoms with Crippen LogP contribution >= 0.6 is 15.9 Å². The van der Waals surface area contributed by atoms with Crippen LogP contribution in [0.1, 0.15) is 20.3 Å². The quantitative estimate of drug-likeness (QED) is 0.468. The number of alkyl halides is 1. The highest BCUT2D eigenvalue weighted by molar-refractivity contribution is 9.10. The van der Waals surface area contributed by atoms with Gasteiger partial charge in [-0.05, 0) is 20.3 Å². The average Bonchev–Trinajstić information content (AvgIpc) is 1.93. The summed E-state index contributed by atoms with van der Waals surface area (Å²) in [5, 5.41) is 2.93. The molecular weight excluding hydrogens is 258 g/mol. The lowest BCUT2D eigenvalue weighted by atomic mass is 10.2. The van der Waals surface area contributed by atoms with Crippen molar-refractivity contribution in [2.24, 2.45) is 0 Å². The molecule has 0 aliphatic carbocycles. The molecule has 0 spiro atoms. The summed E-state index contributed by atoms with van der Waals surface area (Å²) < 4.78 is -0.438. The van der Waals surface area contributed by atoms with Crippen LogP contribution < -0.4 is 5.32 Å². The second kappa shape index (κ2) is 5.31. The topological polar surface area (TPSA) is 29.1 Å². The van der Waals surface area contributed by atoms with Crippen molar-refractivity contribution in [3.8, 4) is 0 Å². The fraction of sp³-hybridized carbons (Fsp3) is 0.900. The third kappa shape index (κ3) is 7.56. The van der Waals surface area contributed by atoms with Gasteiger partial charge in [0.15, 0.2) is 0 Å². The van der Waals surface area contributed by atoms with Crippen LogP contribution in [-0.4, -0.2) is 24.9 Å². The standard InChI is InChI=1S/C10H22BrNOSi/c1-10(2,11)9(13)12-7-6-8-14(3,4)5/h6-8H2,1-5H3,(H,12,13). The second-order valence-electron chi connectivity index (χ2n) is 5.39. The number of hydrogen-bond acceptors (Lipinski definition) is 1. The van der Waals surface area contributed by atoms with Gasteiger partial charge >= 0.3 is 0 Å². The van der Waals surface area contributed by atoms with E-state index in [2.05, 4.69) is 40.9 Å². The fourth-order valence-corrected chi connectivity index (χ4v) is 2.41. The third-order valence-electron chi connectivity index (χ3n) is 1.93. The Kier molecular flexibility index (Phi) is 5.37. The first-order chi connectivity index (χ1) is 6.13. The van der Waals surface area contributed by atoms with Crippen molar-refractivity contribution in [1.82, 2.24) is 5.32 Å². The number of carbonyl (C=O) groups excluding carboxylic acids is 1. The van der Waals surface area contributed by atoms with Crippen molar-refractivity contribution in [2.45, 2.75) is 50.3 Å². The molecule has 0 radical (unpaired) electrons. The minimum Gasteiger partial charge on any atom is -0.355 e. The summed E-state index contributed by atoms with van der Waals surface area (Å²) in [6.07, 6.45) is 1.10. The lowest BCUT2D eigenvalue weighted by molar-refractivity contribution is -0.122. The molecule has 2 nitrogen and oxygen atoms in total. The first-order valence-electron chi connectivity index (χ1n) is 5.10. The molecule has 0 rings (SSSR count).